The van der Waals surface area contributed by atoms with Crippen LogP contribution in [0.25, 0.3) is 11.2 Å². The maximum Gasteiger partial charge on any atom is 0.165 e. The van der Waals surface area contributed by atoms with E-state index in [2.05, 4.69) is 90.7 Å². The second-order valence-electron chi connectivity index (χ2n) is 8.76. The van der Waals surface area contributed by atoms with Crippen LogP contribution in [0, 0.1) is 0 Å². The monoisotopic (exact) mass is 457 g/mol. The van der Waals surface area contributed by atoms with Crippen LogP contribution in [-0.4, -0.2) is 80.3 Å². The van der Waals surface area contributed by atoms with E-state index in [-0.39, 0.29) is 6.04 Å². The lowest BCUT2D eigenvalue weighted by Gasteiger charge is -2.40. The Bertz CT molecular complexity index is 1150. The van der Waals surface area contributed by atoms with E-state index < -0.39 is 6.10 Å². The van der Waals surface area contributed by atoms with Crippen molar-refractivity contribution < 1.29 is 5.11 Å². The summed E-state index contributed by atoms with van der Waals surface area (Å²) >= 11 is 0. The number of nitrogens with one attached hydrogen (secondary N) is 1. The van der Waals surface area contributed by atoms with Gasteiger partial charge in [-0.05, 0) is 11.1 Å². The van der Waals surface area contributed by atoms with Crippen LogP contribution in [0.4, 0.5) is 5.82 Å². The molecule has 0 spiro atoms. The lowest BCUT2D eigenvalue weighted by atomic mass is 9.96. The largest absolute Gasteiger partial charge is 0.390 e. The van der Waals surface area contributed by atoms with Crippen molar-refractivity contribution in [2.75, 3.05) is 45.1 Å². The first-order chi connectivity index (χ1) is 16.7. The van der Waals surface area contributed by atoms with E-state index in [1.54, 1.807) is 6.33 Å². The molecule has 0 radical (unpaired) electrons. The Kier molecular flexibility index (Phi) is 6.80. The van der Waals surface area contributed by atoms with Crippen molar-refractivity contribution in [3.8, 4) is 0 Å². The molecule has 8 heteroatoms. The maximum absolute atomic E-state index is 10.8. The Morgan fingerprint density at radius 1 is 0.853 bits per heavy atom. The number of aromatic nitrogens is 4. The Morgan fingerprint density at radius 3 is 2.12 bits per heavy atom. The summed E-state index contributed by atoms with van der Waals surface area (Å²) in [6, 6.07) is 21.7. The van der Waals surface area contributed by atoms with Crippen molar-refractivity contribution in [3.05, 3.63) is 84.4 Å². The van der Waals surface area contributed by atoms with Gasteiger partial charge >= 0.3 is 0 Å². The predicted octanol–water partition coefficient (Wildman–Crippen LogP) is 2.64. The molecular formula is C26H31N7O. The molecule has 34 heavy (non-hydrogen) atoms. The zero-order valence-electron chi connectivity index (χ0n) is 19.5. The van der Waals surface area contributed by atoms with E-state index in [1.165, 1.54) is 17.5 Å². The Labute approximate surface area is 199 Å². The number of aliphatic hydroxyl groups is 1. The molecule has 2 aromatic heterocycles. The van der Waals surface area contributed by atoms with Gasteiger partial charge in [0.2, 0.25) is 0 Å². The van der Waals surface area contributed by atoms with E-state index in [0.717, 1.165) is 37.3 Å². The Balaban J connectivity index is 1.22. The van der Waals surface area contributed by atoms with Gasteiger partial charge in [0.15, 0.2) is 11.5 Å². The highest BCUT2D eigenvalue weighted by atomic mass is 16.3. The van der Waals surface area contributed by atoms with Crippen molar-refractivity contribution in [1.82, 2.24) is 29.3 Å². The number of rotatable bonds is 8. The summed E-state index contributed by atoms with van der Waals surface area (Å²) in [6.07, 6.45) is 2.75. The Hall–Kier alpha value is -3.33. The molecule has 1 aliphatic rings. The zero-order valence-corrected chi connectivity index (χ0v) is 19.5. The molecule has 5 rings (SSSR count). The fraction of sp³-hybridized carbons (Fsp3) is 0.346. The van der Waals surface area contributed by atoms with Crippen molar-refractivity contribution in [1.29, 1.82) is 0 Å². The third-order valence-corrected chi connectivity index (χ3v) is 6.52. The van der Waals surface area contributed by atoms with Crippen LogP contribution in [0.2, 0.25) is 0 Å². The minimum absolute atomic E-state index is 0.243. The lowest BCUT2D eigenvalue weighted by Crippen LogP contribution is -2.50. The average Bonchev–Trinajstić information content (AvgIpc) is 3.29. The highest BCUT2D eigenvalue weighted by molar-refractivity contribution is 5.82. The summed E-state index contributed by atoms with van der Waals surface area (Å²) in [7, 11) is 1.81. The van der Waals surface area contributed by atoms with Gasteiger partial charge in [-0.1, -0.05) is 60.7 Å². The first-order valence-corrected chi connectivity index (χ1v) is 11.8. The Morgan fingerprint density at radius 2 is 1.50 bits per heavy atom. The van der Waals surface area contributed by atoms with Crippen LogP contribution >= 0.6 is 0 Å². The molecule has 2 N–H and O–H groups in total. The van der Waals surface area contributed by atoms with E-state index in [9.17, 15) is 5.11 Å². The van der Waals surface area contributed by atoms with Gasteiger partial charge in [-0.15, -0.1) is 0 Å². The molecule has 0 bridgehead atoms. The van der Waals surface area contributed by atoms with Crippen LogP contribution in [0.15, 0.2) is 73.3 Å². The molecule has 1 aliphatic heterocycles. The maximum atomic E-state index is 10.8. The number of nitrogens with zero attached hydrogens (tertiary/aromatic N) is 6. The first kappa shape index (κ1) is 22.5. The van der Waals surface area contributed by atoms with E-state index in [1.807, 2.05) is 11.6 Å². The topological polar surface area (TPSA) is 82.3 Å². The quantitative estimate of drug-likeness (QED) is 0.421. The molecule has 8 nitrogen and oxygen atoms in total. The SMILES string of the molecule is CNc1ncnc2c1ncn2C[C@@H](O)CN1CCN(C(c2ccccc2)c2ccccc2)CC1. The van der Waals surface area contributed by atoms with Crippen LogP contribution in [0.3, 0.4) is 0 Å². The number of fused-ring (bicyclic) bond motifs is 1. The van der Waals surface area contributed by atoms with Gasteiger partial charge < -0.3 is 15.0 Å². The van der Waals surface area contributed by atoms with Crippen molar-refractivity contribution >= 4 is 17.0 Å². The number of aliphatic hydroxyl groups excluding tert-OH is 1. The van der Waals surface area contributed by atoms with Gasteiger partial charge in [0, 0.05) is 39.8 Å². The molecule has 0 aliphatic carbocycles. The summed E-state index contributed by atoms with van der Waals surface area (Å²) in [6.45, 7) is 4.82. The molecular weight excluding hydrogens is 426 g/mol. The number of anilines is 1. The molecule has 0 saturated carbocycles. The minimum Gasteiger partial charge on any atom is -0.390 e. The molecule has 0 unspecified atom stereocenters. The molecule has 3 heterocycles. The molecule has 4 aromatic rings. The van der Waals surface area contributed by atoms with Crippen molar-refractivity contribution in [2.24, 2.45) is 0 Å². The smallest absolute Gasteiger partial charge is 0.165 e. The third-order valence-electron chi connectivity index (χ3n) is 6.52. The highest BCUT2D eigenvalue weighted by Crippen LogP contribution is 2.29. The number of hydrogen-bond acceptors (Lipinski definition) is 7. The number of piperazine rings is 1. The van der Waals surface area contributed by atoms with Gasteiger partial charge in [0.05, 0.1) is 25.0 Å². The van der Waals surface area contributed by atoms with Crippen LogP contribution in [0.1, 0.15) is 17.2 Å². The summed E-state index contributed by atoms with van der Waals surface area (Å²) in [5, 5.41) is 13.9. The average molecular weight is 458 g/mol. The van der Waals surface area contributed by atoms with Gasteiger partial charge in [0.25, 0.3) is 0 Å². The fourth-order valence-electron chi connectivity index (χ4n) is 4.87. The number of benzene rings is 2. The summed E-state index contributed by atoms with van der Waals surface area (Å²) in [5.41, 5.74) is 4.09. The summed E-state index contributed by atoms with van der Waals surface area (Å²) < 4.78 is 1.90. The zero-order chi connectivity index (χ0) is 23.3. The van der Waals surface area contributed by atoms with Gasteiger partial charge in [-0.2, -0.15) is 0 Å². The molecule has 176 valence electrons. The second-order valence-corrected chi connectivity index (χ2v) is 8.76. The fourth-order valence-corrected chi connectivity index (χ4v) is 4.87. The minimum atomic E-state index is -0.504. The summed E-state index contributed by atoms with van der Waals surface area (Å²) in [4.78, 5) is 17.9. The second kappa shape index (κ2) is 10.3. The van der Waals surface area contributed by atoms with Crippen LogP contribution < -0.4 is 5.32 Å². The van der Waals surface area contributed by atoms with E-state index in [0.29, 0.717) is 18.9 Å². The number of hydrogen-bond donors (Lipinski definition) is 2. The molecule has 1 saturated heterocycles. The lowest BCUT2D eigenvalue weighted by molar-refractivity contribution is 0.0560. The van der Waals surface area contributed by atoms with Crippen molar-refractivity contribution in [3.63, 3.8) is 0 Å². The third kappa shape index (κ3) is 4.79. The summed E-state index contributed by atoms with van der Waals surface area (Å²) in [5.74, 6) is 0.695. The molecule has 0 amide bonds. The number of β-amino-alcohol motifs (C(OH)–C–C–N with tert-alkyl or cyclic N) is 1. The van der Waals surface area contributed by atoms with Gasteiger partial charge in [-0.25, -0.2) is 15.0 Å². The van der Waals surface area contributed by atoms with Crippen LogP contribution in [-0.2, 0) is 6.54 Å². The normalized spacial score (nSPS) is 16.2. The van der Waals surface area contributed by atoms with Crippen LogP contribution in [0.5, 0.6) is 0 Å². The van der Waals surface area contributed by atoms with Crippen molar-refractivity contribution in [2.45, 2.75) is 18.7 Å². The molecule has 2 aromatic carbocycles. The predicted molar refractivity (Wildman–Crippen MR) is 134 cm³/mol. The highest BCUT2D eigenvalue weighted by Gasteiger charge is 2.27. The van der Waals surface area contributed by atoms with Gasteiger partial charge in [-0.3, -0.25) is 9.80 Å². The van der Waals surface area contributed by atoms with E-state index >= 15 is 0 Å². The standard InChI is InChI=1S/C26H31N7O/c1-27-25-23-26(29-18-28-25)33(19-30-23)17-22(34)16-31-12-14-32(15-13-31)24(20-8-4-2-5-9-20)21-10-6-3-7-11-21/h2-11,18-19,22,24,34H,12-17H2,1H3,(H,27,28,29)/t22-/m0/s1. The number of imidazole rings is 1. The molecule has 1 atom stereocenters. The van der Waals surface area contributed by atoms with Gasteiger partial charge in [0.1, 0.15) is 11.8 Å². The molecule has 1 fully saturated rings. The first-order valence-electron chi connectivity index (χ1n) is 11.8. The van der Waals surface area contributed by atoms with E-state index in [4.69, 9.17) is 0 Å².